The Kier molecular flexibility index (Phi) is 5.00. The van der Waals surface area contributed by atoms with Crippen molar-refractivity contribution in [1.82, 2.24) is 4.72 Å². The van der Waals surface area contributed by atoms with Gasteiger partial charge in [-0.15, -0.1) is 0 Å². The van der Waals surface area contributed by atoms with Crippen molar-refractivity contribution in [1.29, 1.82) is 0 Å². The fraction of sp³-hybridized carbons (Fsp3) is 0.538. The third kappa shape index (κ3) is 3.81. The van der Waals surface area contributed by atoms with Crippen molar-refractivity contribution in [3.05, 3.63) is 32.8 Å². The molecule has 21 heavy (non-hydrogen) atoms. The van der Waals surface area contributed by atoms with Gasteiger partial charge in [-0.2, -0.15) is 0 Å². The number of hydrogen-bond donors (Lipinski definition) is 1. The second-order valence-corrected chi connectivity index (χ2v) is 7.92. The van der Waals surface area contributed by atoms with Crippen LogP contribution in [0.3, 0.4) is 0 Å². The summed E-state index contributed by atoms with van der Waals surface area (Å²) in [4.78, 5) is 10.0. The summed E-state index contributed by atoms with van der Waals surface area (Å²) in [5.74, 6) is 0.297. The lowest BCUT2D eigenvalue weighted by atomic mass is 10.0. The van der Waals surface area contributed by atoms with Gasteiger partial charge in [0.2, 0.25) is 10.0 Å². The second kappa shape index (κ2) is 6.41. The maximum atomic E-state index is 12.4. The highest BCUT2D eigenvalue weighted by Crippen LogP contribution is 2.30. The van der Waals surface area contributed by atoms with Gasteiger partial charge in [-0.05, 0) is 37.8 Å². The van der Waals surface area contributed by atoms with Gasteiger partial charge in [0.25, 0.3) is 5.69 Å². The van der Waals surface area contributed by atoms with Gasteiger partial charge >= 0.3 is 0 Å². The summed E-state index contributed by atoms with van der Waals surface area (Å²) in [6.07, 6.45) is 4.19. The first kappa shape index (κ1) is 16.4. The molecule has 1 atom stereocenters. The van der Waals surface area contributed by atoms with E-state index in [9.17, 15) is 18.5 Å². The normalized spacial score (nSPS) is 17.8. The molecule has 0 bridgehead atoms. The highest BCUT2D eigenvalue weighted by Gasteiger charge is 2.30. The number of hydrogen-bond acceptors (Lipinski definition) is 4. The molecule has 0 aromatic heterocycles. The van der Waals surface area contributed by atoms with Crippen LogP contribution in [0.1, 0.15) is 32.6 Å². The van der Waals surface area contributed by atoms with E-state index in [2.05, 4.69) is 20.7 Å². The fourth-order valence-electron chi connectivity index (χ4n) is 2.72. The number of nitro benzene ring substituents is 1. The number of nitrogens with zero attached hydrogens (tertiary/aromatic N) is 1. The molecule has 1 aromatic carbocycles. The Labute approximate surface area is 132 Å². The molecule has 1 saturated carbocycles. The van der Waals surface area contributed by atoms with Gasteiger partial charge in [-0.25, -0.2) is 13.1 Å². The molecule has 6 nitrogen and oxygen atoms in total. The van der Waals surface area contributed by atoms with Gasteiger partial charge in [0.15, 0.2) is 4.90 Å². The van der Waals surface area contributed by atoms with E-state index in [-0.39, 0.29) is 10.9 Å². The quantitative estimate of drug-likeness (QED) is 0.630. The van der Waals surface area contributed by atoms with Crippen LogP contribution in [0, 0.1) is 16.0 Å². The zero-order chi connectivity index (χ0) is 15.6. The van der Waals surface area contributed by atoms with Crippen LogP contribution in [0.25, 0.3) is 0 Å². The molecule has 1 aromatic rings. The lowest BCUT2D eigenvalue weighted by molar-refractivity contribution is -0.387. The van der Waals surface area contributed by atoms with Crippen molar-refractivity contribution in [2.75, 3.05) is 0 Å². The predicted octanol–water partition coefficient (Wildman–Crippen LogP) is 3.21. The van der Waals surface area contributed by atoms with E-state index in [0.717, 1.165) is 25.7 Å². The Morgan fingerprint density at radius 3 is 2.57 bits per heavy atom. The largest absolute Gasteiger partial charge is 0.289 e. The van der Waals surface area contributed by atoms with Gasteiger partial charge in [0.05, 0.1) is 4.92 Å². The molecule has 0 aliphatic heterocycles. The smallest absolute Gasteiger partial charge is 0.258 e. The van der Waals surface area contributed by atoms with E-state index in [0.29, 0.717) is 10.4 Å². The van der Waals surface area contributed by atoms with Crippen molar-refractivity contribution in [2.24, 2.45) is 5.92 Å². The highest BCUT2D eigenvalue weighted by atomic mass is 79.9. The Balaban J connectivity index is 2.30. The highest BCUT2D eigenvalue weighted by molar-refractivity contribution is 9.10. The van der Waals surface area contributed by atoms with E-state index in [1.807, 2.05) is 6.92 Å². The van der Waals surface area contributed by atoms with Gasteiger partial charge in [0.1, 0.15) is 0 Å². The lowest BCUT2D eigenvalue weighted by Gasteiger charge is -2.20. The topological polar surface area (TPSA) is 89.3 Å². The van der Waals surface area contributed by atoms with E-state index in [1.54, 1.807) is 0 Å². The van der Waals surface area contributed by atoms with E-state index in [1.165, 1.54) is 18.2 Å². The van der Waals surface area contributed by atoms with Crippen molar-refractivity contribution in [2.45, 2.75) is 43.5 Å². The monoisotopic (exact) mass is 376 g/mol. The van der Waals surface area contributed by atoms with Gasteiger partial charge in [0, 0.05) is 16.6 Å². The molecule has 0 saturated heterocycles. The third-order valence-corrected chi connectivity index (χ3v) is 5.94. The molecule has 0 radical (unpaired) electrons. The minimum Gasteiger partial charge on any atom is -0.258 e. The first-order valence-corrected chi connectivity index (χ1v) is 9.05. The van der Waals surface area contributed by atoms with Gasteiger partial charge < -0.3 is 0 Å². The molecule has 0 spiro atoms. The SMILES string of the molecule is CC(NS(=O)(=O)c1cc(Br)ccc1[N+](=O)[O-])C1CCCC1. The Morgan fingerprint density at radius 1 is 1.38 bits per heavy atom. The number of nitrogens with one attached hydrogen (secondary N) is 1. The molecular weight excluding hydrogens is 360 g/mol. The summed E-state index contributed by atoms with van der Waals surface area (Å²) in [5.41, 5.74) is -0.413. The summed E-state index contributed by atoms with van der Waals surface area (Å²) in [5, 5.41) is 11.0. The van der Waals surface area contributed by atoms with Gasteiger partial charge in [-0.3, -0.25) is 10.1 Å². The van der Waals surface area contributed by atoms with Crippen LogP contribution < -0.4 is 4.72 Å². The predicted molar refractivity (Wildman–Crippen MR) is 82.5 cm³/mol. The standard InChI is InChI=1S/C13H17BrN2O4S/c1-9(10-4-2-3-5-10)15-21(19,20)13-8-11(14)6-7-12(13)16(17)18/h6-10,15H,2-5H2,1H3. The third-order valence-electron chi connectivity index (χ3n) is 3.86. The minimum absolute atomic E-state index is 0.226. The molecule has 0 amide bonds. The van der Waals surface area contributed by atoms with Crippen LogP contribution in [0.5, 0.6) is 0 Å². The second-order valence-electron chi connectivity index (χ2n) is 5.32. The van der Waals surface area contributed by atoms with Crippen LogP contribution in [0.4, 0.5) is 5.69 Å². The first-order chi connectivity index (χ1) is 9.81. The molecule has 1 aliphatic rings. The number of sulfonamides is 1. The fourth-order valence-corrected chi connectivity index (χ4v) is 4.74. The summed E-state index contributed by atoms with van der Waals surface area (Å²) >= 11 is 3.16. The molecule has 1 unspecified atom stereocenters. The molecule has 1 N–H and O–H groups in total. The average molecular weight is 377 g/mol. The van der Waals surface area contributed by atoms with Crippen molar-refractivity contribution < 1.29 is 13.3 Å². The van der Waals surface area contributed by atoms with E-state index >= 15 is 0 Å². The van der Waals surface area contributed by atoms with Crippen molar-refractivity contribution in [3.8, 4) is 0 Å². The van der Waals surface area contributed by atoms with Crippen LogP contribution in [0.2, 0.25) is 0 Å². The Bertz CT molecular complexity index is 642. The Hall–Kier alpha value is -0.990. The van der Waals surface area contributed by atoms with Crippen LogP contribution in [0.15, 0.2) is 27.6 Å². The van der Waals surface area contributed by atoms with Crippen LogP contribution >= 0.6 is 15.9 Å². The first-order valence-electron chi connectivity index (χ1n) is 6.77. The summed E-state index contributed by atoms with van der Waals surface area (Å²) in [6, 6.07) is 3.69. The number of benzene rings is 1. The van der Waals surface area contributed by atoms with Gasteiger partial charge in [-0.1, -0.05) is 28.8 Å². The minimum atomic E-state index is -3.92. The van der Waals surface area contributed by atoms with E-state index in [4.69, 9.17) is 0 Å². The van der Waals surface area contributed by atoms with Crippen LogP contribution in [-0.4, -0.2) is 19.4 Å². The molecule has 116 valence electrons. The van der Waals surface area contributed by atoms with Crippen molar-refractivity contribution >= 4 is 31.6 Å². The molecule has 2 rings (SSSR count). The molecular formula is C13H17BrN2O4S. The zero-order valence-corrected chi connectivity index (χ0v) is 14.0. The maximum Gasteiger partial charge on any atom is 0.289 e. The maximum absolute atomic E-state index is 12.4. The van der Waals surface area contributed by atoms with Crippen molar-refractivity contribution in [3.63, 3.8) is 0 Å². The summed E-state index contributed by atoms with van der Waals surface area (Å²) in [6.45, 7) is 1.82. The summed E-state index contributed by atoms with van der Waals surface area (Å²) in [7, 11) is -3.92. The number of rotatable bonds is 5. The van der Waals surface area contributed by atoms with E-state index < -0.39 is 20.6 Å². The molecule has 1 aliphatic carbocycles. The van der Waals surface area contributed by atoms with Crippen LogP contribution in [-0.2, 0) is 10.0 Å². The number of nitro groups is 1. The number of halogens is 1. The average Bonchev–Trinajstić information content (AvgIpc) is 2.91. The molecule has 8 heteroatoms. The molecule has 1 fully saturated rings. The summed E-state index contributed by atoms with van der Waals surface area (Å²) < 4.78 is 28.0. The lowest BCUT2D eigenvalue weighted by Crippen LogP contribution is -2.37. The molecule has 0 heterocycles. The Morgan fingerprint density at radius 2 is 2.00 bits per heavy atom. The zero-order valence-electron chi connectivity index (χ0n) is 11.6.